The minimum atomic E-state index is 0.568. The van der Waals surface area contributed by atoms with Crippen LogP contribution in [0.25, 0.3) is 22.6 Å². The monoisotopic (exact) mass is 292 g/mol. The minimum Gasteiger partial charge on any atom is -0.497 e. The largest absolute Gasteiger partial charge is 0.497 e. The van der Waals surface area contributed by atoms with Gasteiger partial charge in [-0.1, -0.05) is 0 Å². The Morgan fingerprint density at radius 1 is 1.14 bits per heavy atom. The molecule has 7 nitrogen and oxygen atoms in total. The highest BCUT2D eigenvalue weighted by Crippen LogP contribution is 2.29. The zero-order chi connectivity index (χ0) is 14.9. The first kappa shape index (κ1) is 12.5. The summed E-state index contributed by atoms with van der Waals surface area (Å²) in [7, 11) is 1.64. The number of ether oxygens (including phenoxy) is 1. The zero-order valence-electron chi connectivity index (χ0n) is 11.8. The topological polar surface area (TPSA) is 70.1 Å². The summed E-state index contributed by atoms with van der Waals surface area (Å²) in [5.74, 6) is 1.34. The Hall–Kier alpha value is -3.22. The van der Waals surface area contributed by atoms with Crippen LogP contribution >= 0.6 is 0 Å². The lowest BCUT2D eigenvalue weighted by molar-refractivity contribution is 0.414. The summed E-state index contributed by atoms with van der Waals surface area (Å²) < 4.78 is 8.76. The van der Waals surface area contributed by atoms with Crippen LogP contribution in [-0.2, 0) is 0 Å². The smallest absolute Gasteiger partial charge is 0.252 e. The summed E-state index contributed by atoms with van der Waals surface area (Å²) >= 11 is 0. The zero-order valence-corrected chi connectivity index (χ0v) is 11.8. The van der Waals surface area contributed by atoms with E-state index in [1.54, 1.807) is 28.7 Å². The summed E-state index contributed by atoms with van der Waals surface area (Å²) in [5, 5.41) is 8.43. The number of hydrogen-bond acceptors (Lipinski definition) is 5. The fraction of sp³-hybridized carbons (Fsp3) is 0.0667. The molecule has 0 aliphatic carbocycles. The van der Waals surface area contributed by atoms with E-state index in [-0.39, 0.29) is 0 Å². The Balaban J connectivity index is 1.93. The van der Waals surface area contributed by atoms with Crippen LogP contribution in [0.3, 0.4) is 0 Å². The molecule has 1 aromatic carbocycles. The van der Waals surface area contributed by atoms with Gasteiger partial charge in [0.25, 0.3) is 5.78 Å². The van der Waals surface area contributed by atoms with E-state index in [2.05, 4.69) is 20.2 Å². The van der Waals surface area contributed by atoms with Crippen molar-refractivity contribution in [3.63, 3.8) is 0 Å². The van der Waals surface area contributed by atoms with Crippen LogP contribution in [0.4, 0.5) is 0 Å². The number of methoxy groups -OCH3 is 1. The third-order valence-corrected chi connectivity index (χ3v) is 3.40. The summed E-state index contributed by atoms with van der Waals surface area (Å²) in [6.07, 6.45) is 8.78. The lowest BCUT2D eigenvalue weighted by atomic mass is 10.1. The normalized spacial score (nSPS) is 11.0. The fourth-order valence-corrected chi connectivity index (χ4v) is 2.34. The molecule has 108 valence electrons. The van der Waals surface area contributed by atoms with Crippen molar-refractivity contribution in [1.82, 2.24) is 29.4 Å². The Kier molecular flexibility index (Phi) is 2.82. The number of benzene rings is 1. The summed E-state index contributed by atoms with van der Waals surface area (Å²) in [4.78, 5) is 8.37. The lowest BCUT2D eigenvalue weighted by Crippen LogP contribution is -2.00. The van der Waals surface area contributed by atoms with Crippen molar-refractivity contribution in [3.8, 4) is 22.6 Å². The highest BCUT2D eigenvalue weighted by molar-refractivity contribution is 5.73. The molecule has 4 aromatic rings. The molecule has 0 saturated heterocycles. The van der Waals surface area contributed by atoms with Gasteiger partial charge in [-0.25, -0.2) is 14.2 Å². The Bertz CT molecular complexity index is 928. The molecular formula is C15H12N6O. The highest BCUT2D eigenvalue weighted by Gasteiger charge is 2.11. The first-order valence-corrected chi connectivity index (χ1v) is 6.69. The van der Waals surface area contributed by atoms with Crippen LogP contribution in [0, 0.1) is 0 Å². The van der Waals surface area contributed by atoms with Crippen molar-refractivity contribution in [2.75, 3.05) is 7.11 Å². The summed E-state index contributed by atoms with van der Waals surface area (Å²) in [6.45, 7) is 0. The molecule has 0 aliphatic rings. The maximum Gasteiger partial charge on any atom is 0.252 e. The number of rotatable bonds is 3. The van der Waals surface area contributed by atoms with E-state index in [1.807, 2.05) is 36.7 Å². The maximum atomic E-state index is 5.32. The van der Waals surface area contributed by atoms with Gasteiger partial charge >= 0.3 is 0 Å². The van der Waals surface area contributed by atoms with Gasteiger partial charge in [-0.05, 0) is 18.2 Å². The molecule has 0 fully saturated rings. The molecule has 22 heavy (non-hydrogen) atoms. The van der Waals surface area contributed by atoms with Crippen molar-refractivity contribution in [2.24, 2.45) is 0 Å². The van der Waals surface area contributed by atoms with E-state index >= 15 is 0 Å². The molecule has 0 bridgehead atoms. The molecule has 0 unspecified atom stereocenters. The van der Waals surface area contributed by atoms with Gasteiger partial charge in [0.1, 0.15) is 12.1 Å². The van der Waals surface area contributed by atoms with E-state index in [9.17, 15) is 0 Å². The lowest BCUT2D eigenvalue weighted by Gasteiger charge is -2.11. The molecule has 0 spiro atoms. The molecule has 4 rings (SSSR count). The molecule has 0 atom stereocenters. The van der Waals surface area contributed by atoms with Gasteiger partial charge in [-0.3, -0.25) is 0 Å². The second kappa shape index (κ2) is 4.96. The van der Waals surface area contributed by atoms with Crippen LogP contribution in [0.5, 0.6) is 5.75 Å². The number of hydrogen-bond donors (Lipinski definition) is 0. The molecule has 3 heterocycles. The van der Waals surface area contributed by atoms with Gasteiger partial charge in [0, 0.05) is 42.0 Å². The van der Waals surface area contributed by atoms with Crippen molar-refractivity contribution >= 4 is 5.78 Å². The Morgan fingerprint density at radius 2 is 2.09 bits per heavy atom. The van der Waals surface area contributed by atoms with Gasteiger partial charge in [0.2, 0.25) is 0 Å². The number of fused-ring (bicyclic) bond motifs is 1. The van der Waals surface area contributed by atoms with E-state index < -0.39 is 0 Å². The van der Waals surface area contributed by atoms with Crippen LogP contribution in [0.15, 0.2) is 55.4 Å². The quantitative estimate of drug-likeness (QED) is 0.577. The van der Waals surface area contributed by atoms with E-state index in [1.165, 1.54) is 6.33 Å². The third-order valence-electron chi connectivity index (χ3n) is 3.40. The minimum absolute atomic E-state index is 0.568. The molecular weight excluding hydrogens is 280 g/mol. The molecule has 7 heteroatoms. The van der Waals surface area contributed by atoms with E-state index in [0.29, 0.717) is 5.78 Å². The van der Waals surface area contributed by atoms with Gasteiger partial charge in [-0.2, -0.15) is 15.2 Å². The van der Waals surface area contributed by atoms with Crippen LogP contribution in [-0.4, -0.2) is 36.5 Å². The summed E-state index contributed by atoms with van der Waals surface area (Å²) in [5.41, 5.74) is 2.81. The Labute approximate surface area is 125 Å². The number of nitrogens with zero attached hydrogens (tertiary/aromatic N) is 6. The Morgan fingerprint density at radius 3 is 2.91 bits per heavy atom. The van der Waals surface area contributed by atoms with Gasteiger partial charge in [0.15, 0.2) is 0 Å². The van der Waals surface area contributed by atoms with Crippen molar-refractivity contribution in [1.29, 1.82) is 0 Å². The van der Waals surface area contributed by atoms with Crippen LogP contribution in [0.2, 0.25) is 0 Å². The van der Waals surface area contributed by atoms with Crippen molar-refractivity contribution in [2.45, 2.75) is 0 Å². The van der Waals surface area contributed by atoms with Gasteiger partial charge in [0.05, 0.1) is 12.8 Å². The second-order valence-corrected chi connectivity index (χ2v) is 4.68. The highest BCUT2D eigenvalue weighted by atomic mass is 16.5. The molecule has 0 N–H and O–H groups in total. The first-order chi connectivity index (χ1) is 10.8. The summed E-state index contributed by atoms with van der Waals surface area (Å²) in [6, 6.07) is 7.71. The maximum absolute atomic E-state index is 5.32. The molecule has 0 saturated carbocycles. The average Bonchev–Trinajstić information content (AvgIpc) is 3.24. The fourth-order valence-electron chi connectivity index (χ4n) is 2.34. The second-order valence-electron chi connectivity index (χ2n) is 4.68. The molecule has 0 amide bonds. The van der Waals surface area contributed by atoms with E-state index in [4.69, 9.17) is 4.74 Å². The average molecular weight is 292 g/mol. The third kappa shape index (κ3) is 1.99. The molecule has 3 aromatic heterocycles. The molecule has 0 aliphatic heterocycles. The molecule has 0 radical (unpaired) electrons. The van der Waals surface area contributed by atoms with Crippen LogP contribution < -0.4 is 4.74 Å². The van der Waals surface area contributed by atoms with Crippen LogP contribution in [0.1, 0.15) is 0 Å². The number of aromatic nitrogens is 6. The first-order valence-electron chi connectivity index (χ1n) is 6.69. The van der Waals surface area contributed by atoms with Gasteiger partial charge in [-0.15, -0.1) is 0 Å². The van der Waals surface area contributed by atoms with Gasteiger partial charge < -0.3 is 4.74 Å². The van der Waals surface area contributed by atoms with Crippen molar-refractivity contribution < 1.29 is 4.74 Å². The SMILES string of the molecule is COc1ccc(-c2cnc3ncnn3c2)c(-n2cccn2)c1. The van der Waals surface area contributed by atoms with Crippen molar-refractivity contribution in [3.05, 3.63) is 55.4 Å². The predicted molar refractivity (Wildman–Crippen MR) is 79.9 cm³/mol. The standard InChI is InChI=1S/C15H12N6O/c1-22-12-3-4-13(14(7-12)20-6-2-5-18-20)11-8-16-15-17-10-19-21(15)9-11/h2-10H,1H3. The predicted octanol–water partition coefficient (Wildman–Crippen LogP) is 1.99. The van der Waals surface area contributed by atoms with E-state index in [0.717, 1.165) is 22.6 Å².